The van der Waals surface area contributed by atoms with Gasteiger partial charge in [-0.25, -0.2) is 0 Å². The van der Waals surface area contributed by atoms with Gasteiger partial charge in [-0.05, 0) is 6.07 Å². The molecular formula is C7H4F6N2O. The van der Waals surface area contributed by atoms with Crippen LogP contribution in [0.1, 0.15) is 0 Å². The second kappa shape index (κ2) is 4.14. The van der Waals surface area contributed by atoms with E-state index < -0.39 is 24.3 Å². The molecule has 0 unspecified atom stereocenters. The first-order chi connectivity index (χ1) is 7.21. The highest BCUT2D eigenvalue weighted by Gasteiger charge is 2.59. The number of hydrogen-bond donors (Lipinski definition) is 0. The van der Waals surface area contributed by atoms with E-state index in [0.717, 1.165) is 18.3 Å². The molecule has 0 amide bonds. The van der Waals surface area contributed by atoms with Crippen molar-refractivity contribution >= 4 is 0 Å². The van der Waals surface area contributed by atoms with Gasteiger partial charge in [-0.1, -0.05) is 0 Å². The van der Waals surface area contributed by atoms with Gasteiger partial charge in [0.15, 0.2) is 0 Å². The van der Waals surface area contributed by atoms with E-state index in [1.807, 2.05) is 0 Å². The molecule has 0 atom stereocenters. The van der Waals surface area contributed by atoms with Crippen molar-refractivity contribution in [1.82, 2.24) is 10.2 Å². The van der Waals surface area contributed by atoms with Gasteiger partial charge in [-0.2, -0.15) is 31.4 Å². The van der Waals surface area contributed by atoms with Crippen LogP contribution >= 0.6 is 0 Å². The maximum Gasteiger partial charge on any atom is 0.434 e. The minimum absolute atomic E-state index is 0.845. The number of aromatic nitrogens is 2. The number of nitrogens with zero attached hydrogens (tertiary/aromatic N) is 2. The minimum atomic E-state index is -5.56. The molecule has 16 heavy (non-hydrogen) atoms. The maximum absolute atomic E-state index is 12.0. The Bertz CT molecular complexity index is 321. The molecule has 0 aromatic carbocycles. The van der Waals surface area contributed by atoms with E-state index in [4.69, 9.17) is 0 Å². The molecular weight excluding hydrogens is 242 g/mol. The number of alkyl halides is 6. The summed E-state index contributed by atoms with van der Waals surface area (Å²) in [6.45, 7) is 0. The van der Waals surface area contributed by atoms with Crippen LogP contribution in [0.2, 0.25) is 0 Å². The van der Waals surface area contributed by atoms with Gasteiger partial charge in [0.25, 0.3) is 6.10 Å². The maximum atomic E-state index is 12.0. The van der Waals surface area contributed by atoms with Crippen molar-refractivity contribution in [2.24, 2.45) is 0 Å². The van der Waals surface area contributed by atoms with Crippen LogP contribution in [0.5, 0.6) is 5.88 Å². The Morgan fingerprint density at radius 1 is 1.06 bits per heavy atom. The summed E-state index contributed by atoms with van der Waals surface area (Å²) in [5, 5.41) is 6.07. The third-order valence-electron chi connectivity index (χ3n) is 1.38. The van der Waals surface area contributed by atoms with E-state index in [9.17, 15) is 26.3 Å². The summed E-state index contributed by atoms with van der Waals surface area (Å²) < 4.78 is 75.8. The zero-order valence-electron chi connectivity index (χ0n) is 7.38. The first-order valence-electron chi connectivity index (χ1n) is 3.79. The van der Waals surface area contributed by atoms with Crippen molar-refractivity contribution in [3.63, 3.8) is 0 Å². The van der Waals surface area contributed by atoms with Gasteiger partial charge in [0.1, 0.15) is 0 Å². The van der Waals surface area contributed by atoms with Crippen molar-refractivity contribution in [2.75, 3.05) is 0 Å². The zero-order valence-corrected chi connectivity index (χ0v) is 7.38. The predicted molar refractivity (Wildman–Crippen MR) is 38.6 cm³/mol. The van der Waals surface area contributed by atoms with E-state index in [2.05, 4.69) is 14.9 Å². The smallest absolute Gasteiger partial charge is 0.434 e. The molecule has 0 spiro atoms. The van der Waals surface area contributed by atoms with Gasteiger partial charge < -0.3 is 4.74 Å². The van der Waals surface area contributed by atoms with Crippen LogP contribution in [-0.4, -0.2) is 28.7 Å². The Morgan fingerprint density at radius 3 is 2.00 bits per heavy atom. The topological polar surface area (TPSA) is 35.0 Å². The lowest BCUT2D eigenvalue weighted by Crippen LogP contribution is -2.46. The fourth-order valence-electron chi connectivity index (χ4n) is 0.790. The van der Waals surface area contributed by atoms with Crippen LogP contribution in [-0.2, 0) is 0 Å². The van der Waals surface area contributed by atoms with Gasteiger partial charge >= 0.3 is 12.4 Å². The molecule has 0 aliphatic carbocycles. The first-order valence-corrected chi connectivity index (χ1v) is 3.79. The molecule has 0 saturated carbocycles. The lowest BCUT2D eigenvalue weighted by Gasteiger charge is -2.22. The van der Waals surface area contributed by atoms with Crippen LogP contribution in [0.15, 0.2) is 18.3 Å². The SMILES string of the molecule is FC(F)(F)C(Oc1cccnn1)C(F)(F)F. The standard InChI is InChI=1S/C7H4F6N2O/c8-6(9,10)5(7(11,12)13)16-4-2-1-3-14-15-4/h1-3,5H. The molecule has 90 valence electrons. The van der Waals surface area contributed by atoms with Crippen LogP contribution in [0.3, 0.4) is 0 Å². The summed E-state index contributed by atoms with van der Waals surface area (Å²) in [5.41, 5.74) is 0. The van der Waals surface area contributed by atoms with Gasteiger partial charge in [0.05, 0.1) is 0 Å². The van der Waals surface area contributed by atoms with Crippen molar-refractivity contribution < 1.29 is 31.1 Å². The second-order valence-electron chi connectivity index (χ2n) is 2.64. The van der Waals surface area contributed by atoms with Gasteiger partial charge in [0, 0.05) is 12.3 Å². The minimum Gasteiger partial charge on any atom is -0.454 e. The highest BCUT2D eigenvalue weighted by atomic mass is 19.4. The van der Waals surface area contributed by atoms with Crippen molar-refractivity contribution in [1.29, 1.82) is 0 Å². The van der Waals surface area contributed by atoms with Crippen molar-refractivity contribution in [3.05, 3.63) is 18.3 Å². The summed E-state index contributed by atoms with van der Waals surface area (Å²) >= 11 is 0. The predicted octanol–water partition coefficient (Wildman–Crippen LogP) is 2.35. The first kappa shape index (κ1) is 12.5. The number of hydrogen-bond acceptors (Lipinski definition) is 3. The van der Waals surface area contributed by atoms with Crippen molar-refractivity contribution in [2.45, 2.75) is 18.5 Å². The summed E-state index contributed by atoms with van der Waals surface area (Å²) in [7, 11) is 0. The number of halogens is 6. The Hall–Kier alpha value is -1.54. The Kier molecular flexibility index (Phi) is 3.24. The monoisotopic (exact) mass is 246 g/mol. The highest BCUT2D eigenvalue weighted by Crippen LogP contribution is 2.35. The Labute approximate surface area is 85.0 Å². The largest absolute Gasteiger partial charge is 0.454 e. The van der Waals surface area contributed by atoms with Gasteiger partial charge in [-0.15, -0.1) is 5.10 Å². The second-order valence-corrected chi connectivity index (χ2v) is 2.64. The van der Waals surface area contributed by atoms with E-state index in [1.54, 1.807) is 0 Å². The van der Waals surface area contributed by atoms with E-state index in [1.165, 1.54) is 0 Å². The molecule has 9 heteroatoms. The molecule has 1 heterocycles. The van der Waals surface area contributed by atoms with Crippen LogP contribution in [0.25, 0.3) is 0 Å². The lowest BCUT2D eigenvalue weighted by atomic mass is 10.3. The van der Waals surface area contributed by atoms with Crippen LogP contribution < -0.4 is 4.74 Å². The molecule has 0 saturated heterocycles. The molecule has 0 bridgehead atoms. The molecule has 0 aliphatic rings. The summed E-state index contributed by atoms with van der Waals surface area (Å²) in [6.07, 6.45) is -13.9. The van der Waals surface area contributed by atoms with Gasteiger partial charge in [0.2, 0.25) is 5.88 Å². The zero-order chi connectivity index (χ0) is 12.4. The van der Waals surface area contributed by atoms with Crippen molar-refractivity contribution in [3.8, 4) is 5.88 Å². The third kappa shape index (κ3) is 3.24. The molecule has 0 N–H and O–H groups in total. The molecule has 3 nitrogen and oxygen atoms in total. The molecule has 1 rings (SSSR count). The molecule has 0 aliphatic heterocycles. The number of ether oxygens (including phenoxy) is 1. The molecule has 1 aromatic heterocycles. The normalized spacial score (nSPS) is 12.9. The fraction of sp³-hybridized carbons (Fsp3) is 0.429. The van der Waals surface area contributed by atoms with E-state index in [-0.39, 0.29) is 0 Å². The molecule has 1 aromatic rings. The molecule has 0 radical (unpaired) electrons. The van der Waals surface area contributed by atoms with E-state index in [0.29, 0.717) is 0 Å². The Balaban J connectivity index is 2.89. The average molecular weight is 246 g/mol. The lowest BCUT2D eigenvalue weighted by molar-refractivity contribution is -0.300. The summed E-state index contributed by atoms with van der Waals surface area (Å²) in [4.78, 5) is 0. The summed E-state index contributed by atoms with van der Waals surface area (Å²) in [5.74, 6) is -0.845. The molecule has 0 fully saturated rings. The third-order valence-corrected chi connectivity index (χ3v) is 1.38. The van der Waals surface area contributed by atoms with Gasteiger partial charge in [-0.3, -0.25) is 0 Å². The highest BCUT2D eigenvalue weighted by molar-refractivity contribution is 5.06. The Morgan fingerprint density at radius 2 is 1.62 bits per heavy atom. The van der Waals surface area contributed by atoms with Crippen LogP contribution in [0, 0.1) is 0 Å². The number of rotatable bonds is 2. The quantitative estimate of drug-likeness (QED) is 0.751. The average Bonchev–Trinajstić information content (AvgIpc) is 2.12. The van der Waals surface area contributed by atoms with Crippen LogP contribution in [0.4, 0.5) is 26.3 Å². The fourth-order valence-corrected chi connectivity index (χ4v) is 0.790. The summed E-state index contributed by atoms with van der Waals surface area (Å²) in [6, 6.07) is 1.95. The van der Waals surface area contributed by atoms with E-state index >= 15 is 0 Å².